The smallest absolute Gasteiger partial charge is 0.387 e. The normalized spacial score (nSPS) is 10.0. The predicted molar refractivity (Wildman–Crippen MR) is 52.5 cm³/mol. The van der Waals surface area contributed by atoms with Gasteiger partial charge in [-0.2, -0.15) is 14.0 Å². The fourth-order valence-electron chi connectivity index (χ4n) is 1.29. The fourth-order valence-corrected chi connectivity index (χ4v) is 1.29. The Labute approximate surface area is 91.3 Å². The zero-order valence-corrected chi connectivity index (χ0v) is 8.75. The Morgan fingerprint density at radius 1 is 1.50 bits per heavy atom. The number of nitrogens with zero attached hydrogens (tertiary/aromatic N) is 1. The van der Waals surface area contributed by atoms with Crippen molar-refractivity contribution >= 4 is 5.78 Å². The molecule has 0 aliphatic heterocycles. The topological polar surface area (TPSA) is 50.1 Å². The lowest BCUT2D eigenvalue weighted by Crippen LogP contribution is -2.06. The monoisotopic (exact) mass is 225 g/mol. The minimum atomic E-state index is -2.95. The Balaban J connectivity index is 3.29. The van der Waals surface area contributed by atoms with Gasteiger partial charge in [-0.3, -0.25) is 4.79 Å². The highest BCUT2D eigenvalue weighted by molar-refractivity contribution is 5.97. The quantitative estimate of drug-likeness (QED) is 0.743. The molecule has 0 aromatic heterocycles. The lowest BCUT2D eigenvalue weighted by Gasteiger charge is -2.10. The molecule has 0 radical (unpaired) electrons. The maximum Gasteiger partial charge on any atom is 0.387 e. The molecule has 0 saturated carbocycles. The molecule has 1 aromatic rings. The van der Waals surface area contributed by atoms with Gasteiger partial charge in [0.1, 0.15) is 5.75 Å². The van der Waals surface area contributed by atoms with Crippen molar-refractivity contribution in [1.82, 2.24) is 0 Å². The number of ketones is 1. The summed E-state index contributed by atoms with van der Waals surface area (Å²) < 4.78 is 28.3. The van der Waals surface area contributed by atoms with Gasteiger partial charge >= 0.3 is 6.61 Å². The van der Waals surface area contributed by atoms with Gasteiger partial charge in [0.2, 0.25) is 0 Å². The highest BCUT2D eigenvalue weighted by Gasteiger charge is 2.14. The molecule has 0 amide bonds. The highest BCUT2D eigenvalue weighted by atomic mass is 19.3. The average Bonchev–Trinajstić information content (AvgIpc) is 2.19. The number of hydrogen-bond donors (Lipinski definition) is 0. The summed E-state index contributed by atoms with van der Waals surface area (Å²) in [5.41, 5.74) is 0.636. The van der Waals surface area contributed by atoms with E-state index in [1.54, 1.807) is 0 Å². The molecular formula is C11H9F2NO2. The van der Waals surface area contributed by atoms with Gasteiger partial charge in [-0.25, -0.2) is 0 Å². The van der Waals surface area contributed by atoms with Crippen molar-refractivity contribution in [3.8, 4) is 11.8 Å². The summed E-state index contributed by atoms with van der Waals surface area (Å²) in [5.74, 6) is -0.449. The summed E-state index contributed by atoms with van der Waals surface area (Å²) in [5, 5.41) is 8.77. The van der Waals surface area contributed by atoms with Crippen molar-refractivity contribution in [1.29, 1.82) is 5.26 Å². The molecule has 0 unspecified atom stereocenters. The number of halogens is 2. The van der Waals surface area contributed by atoms with E-state index in [2.05, 4.69) is 4.74 Å². The van der Waals surface area contributed by atoms with E-state index in [1.165, 1.54) is 26.0 Å². The first-order valence-electron chi connectivity index (χ1n) is 4.46. The van der Waals surface area contributed by atoms with Crippen LogP contribution in [0.3, 0.4) is 0 Å². The van der Waals surface area contributed by atoms with Crippen LogP contribution in [0.1, 0.15) is 28.4 Å². The predicted octanol–water partition coefficient (Wildman–Crippen LogP) is 2.67. The summed E-state index contributed by atoms with van der Waals surface area (Å²) in [7, 11) is 0. The van der Waals surface area contributed by atoms with E-state index in [0.29, 0.717) is 5.56 Å². The van der Waals surface area contributed by atoms with Crippen molar-refractivity contribution in [3.63, 3.8) is 0 Å². The molecule has 16 heavy (non-hydrogen) atoms. The first-order valence-corrected chi connectivity index (χ1v) is 4.46. The summed E-state index contributed by atoms with van der Waals surface area (Å²) in [6.45, 7) is -0.161. The summed E-state index contributed by atoms with van der Waals surface area (Å²) in [6, 6.07) is 4.36. The van der Waals surface area contributed by atoms with E-state index in [4.69, 9.17) is 5.26 Å². The second kappa shape index (κ2) is 4.71. The number of nitriles is 1. The number of rotatable bonds is 3. The third-order valence-electron chi connectivity index (χ3n) is 2.03. The van der Waals surface area contributed by atoms with Gasteiger partial charge < -0.3 is 4.74 Å². The standard InChI is InChI=1S/C11H9F2NO2/c1-6-3-8(5-14)9(7(2)15)4-10(6)16-11(12)13/h3-4,11H,1-2H3. The molecule has 0 fully saturated rings. The van der Waals surface area contributed by atoms with Gasteiger partial charge in [0.05, 0.1) is 11.6 Å². The molecule has 0 saturated heterocycles. The molecule has 0 atom stereocenters. The minimum Gasteiger partial charge on any atom is -0.435 e. The molecule has 0 bridgehead atoms. The van der Waals surface area contributed by atoms with Gasteiger partial charge in [0.25, 0.3) is 0 Å². The van der Waals surface area contributed by atoms with E-state index >= 15 is 0 Å². The molecule has 0 heterocycles. The van der Waals surface area contributed by atoms with Crippen LogP contribution in [-0.4, -0.2) is 12.4 Å². The van der Waals surface area contributed by atoms with E-state index in [0.717, 1.165) is 0 Å². The maximum absolute atomic E-state index is 12.0. The van der Waals surface area contributed by atoms with Crippen LogP contribution in [0, 0.1) is 18.3 Å². The zero-order chi connectivity index (χ0) is 12.3. The van der Waals surface area contributed by atoms with Crippen molar-refractivity contribution in [2.75, 3.05) is 0 Å². The highest BCUT2D eigenvalue weighted by Crippen LogP contribution is 2.24. The minimum absolute atomic E-state index is 0.0841. The zero-order valence-electron chi connectivity index (χ0n) is 8.75. The number of carbonyl (C=O) groups is 1. The van der Waals surface area contributed by atoms with E-state index in [-0.39, 0.29) is 22.7 Å². The lowest BCUT2D eigenvalue weighted by molar-refractivity contribution is -0.0503. The van der Waals surface area contributed by atoms with Crippen molar-refractivity contribution in [3.05, 3.63) is 28.8 Å². The van der Waals surface area contributed by atoms with Gasteiger partial charge in [-0.05, 0) is 31.5 Å². The molecule has 5 heteroatoms. The van der Waals surface area contributed by atoms with Gasteiger partial charge in [0, 0.05) is 5.56 Å². The Morgan fingerprint density at radius 3 is 2.56 bits per heavy atom. The largest absolute Gasteiger partial charge is 0.435 e. The van der Waals surface area contributed by atoms with Crippen LogP contribution in [0.15, 0.2) is 12.1 Å². The number of alkyl halides is 2. The Bertz CT molecular complexity index is 464. The molecular weight excluding hydrogens is 216 g/mol. The fraction of sp³-hybridized carbons (Fsp3) is 0.273. The third-order valence-corrected chi connectivity index (χ3v) is 2.03. The van der Waals surface area contributed by atoms with E-state index in [1.807, 2.05) is 6.07 Å². The molecule has 84 valence electrons. The number of benzene rings is 1. The Kier molecular flexibility index (Phi) is 3.56. The maximum atomic E-state index is 12.0. The molecule has 1 rings (SSSR count). The van der Waals surface area contributed by atoms with Crippen molar-refractivity contribution < 1.29 is 18.3 Å². The van der Waals surface area contributed by atoms with Crippen LogP contribution in [0.5, 0.6) is 5.75 Å². The van der Waals surface area contributed by atoms with E-state index < -0.39 is 6.61 Å². The molecule has 3 nitrogen and oxygen atoms in total. The van der Waals surface area contributed by atoms with Crippen LogP contribution < -0.4 is 4.74 Å². The number of aryl methyl sites for hydroxylation is 1. The first kappa shape index (κ1) is 12.1. The number of carbonyl (C=O) groups excluding carboxylic acids is 1. The Hall–Kier alpha value is -1.96. The second-order valence-corrected chi connectivity index (χ2v) is 3.21. The van der Waals surface area contributed by atoms with Crippen molar-refractivity contribution in [2.45, 2.75) is 20.5 Å². The van der Waals surface area contributed by atoms with Gasteiger partial charge in [-0.15, -0.1) is 0 Å². The number of hydrogen-bond acceptors (Lipinski definition) is 3. The molecule has 0 aliphatic carbocycles. The SMILES string of the molecule is CC(=O)c1cc(OC(F)F)c(C)cc1C#N. The van der Waals surface area contributed by atoms with Crippen LogP contribution >= 0.6 is 0 Å². The van der Waals surface area contributed by atoms with Crippen LogP contribution in [-0.2, 0) is 0 Å². The summed E-state index contributed by atoms with van der Waals surface area (Å²) >= 11 is 0. The molecule has 0 spiro atoms. The Morgan fingerprint density at radius 2 is 2.12 bits per heavy atom. The van der Waals surface area contributed by atoms with Gasteiger partial charge in [0.15, 0.2) is 5.78 Å². The summed E-state index contributed by atoms with van der Waals surface area (Å²) in [4.78, 5) is 11.2. The van der Waals surface area contributed by atoms with Gasteiger partial charge in [-0.1, -0.05) is 0 Å². The van der Waals surface area contributed by atoms with Crippen molar-refractivity contribution in [2.24, 2.45) is 0 Å². The summed E-state index contributed by atoms with van der Waals surface area (Å²) in [6.07, 6.45) is 0. The third kappa shape index (κ3) is 2.54. The van der Waals surface area contributed by atoms with E-state index in [9.17, 15) is 13.6 Å². The number of ether oxygens (including phenoxy) is 1. The average molecular weight is 225 g/mol. The molecule has 0 aliphatic rings. The van der Waals surface area contributed by atoms with Crippen LogP contribution in [0.2, 0.25) is 0 Å². The first-order chi connectivity index (χ1) is 7.45. The lowest BCUT2D eigenvalue weighted by atomic mass is 10.0. The molecule has 1 aromatic carbocycles. The molecule has 0 N–H and O–H groups in total. The number of Topliss-reactive ketones (excluding diaryl/α,β-unsaturated/α-hetero) is 1. The van der Waals surface area contributed by atoms with Crippen LogP contribution in [0.4, 0.5) is 8.78 Å². The van der Waals surface area contributed by atoms with Crippen LogP contribution in [0.25, 0.3) is 0 Å². The second-order valence-electron chi connectivity index (χ2n) is 3.21.